The molecule has 1 N–H and O–H groups in total. The standard InChI is InChI=1S/C14H16N2O3S/c1-8(2)12-15-9(3)11(14(17)18)13(16-12)20-7-10-4-5-19-6-10/h4-6,8H,7H2,1-3H3,(H,17,18). The van der Waals surface area contributed by atoms with E-state index >= 15 is 0 Å². The van der Waals surface area contributed by atoms with Crippen molar-refractivity contribution in [1.29, 1.82) is 0 Å². The zero-order valence-electron chi connectivity index (χ0n) is 11.6. The molecule has 5 nitrogen and oxygen atoms in total. The van der Waals surface area contributed by atoms with Crippen molar-refractivity contribution >= 4 is 17.7 Å². The highest BCUT2D eigenvalue weighted by atomic mass is 32.2. The van der Waals surface area contributed by atoms with Crippen molar-refractivity contribution in [3.05, 3.63) is 41.2 Å². The molecule has 0 aliphatic carbocycles. The third-order valence-corrected chi connectivity index (χ3v) is 3.81. The van der Waals surface area contributed by atoms with Gasteiger partial charge >= 0.3 is 5.97 Å². The van der Waals surface area contributed by atoms with E-state index in [9.17, 15) is 9.90 Å². The van der Waals surface area contributed by atoms with E-state index in [2.05, 4.69) is 9.97 Å². The Hall–Kier alpha value is -1.82. The van der Waals surface area contributed by atoms with Crippen LogP contribution in [0.2, 0.25) is 0 Å². The summed E-state index contributed by atoms with van der Waals surface area (Å²) in [4.78, 5) is 20.0. The van der Waals surface area contributed by atoms with Crippen LogP contribution in [0.15, 0.2) is 28.0 Å². The average molecular weight is 292 g/mol. The number of furan rings is 1. The van der Waals surface area contributed by atoms with Gasteiger partial charge in [-0.2, -0.15) is 0 Å². The Morgan fingerprint density at radius 1 is 1.45 bits per heavy atom. The van der Waals surface area contributed by atoms with Crippen molar-refractivity contribution in [3.63, 3.8) is 0 Å². The highest BCUT2D eigenvalue weighted by Gasteiger charge is 2.19. The second kappa shape index (κ2) is 6.09. The number of carboxylic acids is 1. The van der Waals surface area contributed by atoms with Gasteiger partial charge in [0.25, 0.3) is 0 Å². The molecule has 0 saturated heterocycles. The van der Waals surface area contributed by atoms with E-state index in [-0.39, 0.29) is 11.5 Å². The summed E-state index contributed by atoms with van der Waals surface area (Å²) in [7, 11) is 0. The van der Waals surface area contributed by atoms with Crippen molar-refractivity contribution in [1.82, 2.24) is 9.97 Å². The Bertz CT molecular complexity index is 609. The van der Waals surface area contributed by atoms with Crippen LogP contribution in [0.1, 0.15) is 47.2 Å². The first-order chi connectivity index (χ1) is 9.49. The molecule has 0 radical (unpaired) electrons. The van der Waals surface area contributed by atoms with Crippen LogP contribution < -0.4 is 0 Å². The van der Waals surface area contributed by atoms with Crippen LogP contribution in [0.3, 0.4) is 0 Å². The number of carbonyl (C=O) groups is 1. The van der Waals surface area contributed by atoms with Crippen LogP contribution in [0, 0.1) is 6.92 Å². The molecule has 20 heavy (non-hydrogen) atoms. The quantitative estimate of drug-likeness (QED) is 0.671. The molecule has 0 aromatic carbocycles. The molecule has 0 atom stereocenters. The minimum absolute atomic E-state index is 0.157. The van der Waals surface area contributed by atoms with Crippen molar-refractivity contribution in [2.75, 3.05) is 0 Å². The molecule has 0 amide bonds. The lowest BCUT2D eigenvalue weighted by Crippen LogP contribution is -2.10. The third kappa shape index (κ3) is 3.19. The number of hydrogen-bond acceptors (Lipinski definition) is 5. The van der Waals surface area contributed by atoms with Crippen molar-refractivity contribution < 1.29 is 14.3 Å². The number of thioether (sulfide) groups is 1. The molecule has 0 fully saturated rings. The molecule has 0 aliphatic heterocycles. The van der Waals surface area contributed by atoms with Crippen molar-refractivity contribution in [2.24, 2.45) is 0 Å². The summed E-state index contributed by atoms with van der Waals surface area (Å²) in [6.45, 7) is 5.68. The summed E-state index contributed by atoms with van der Waals surface area (Å²) < 4.78 is 5.00. The van der Waals surface area contributed by atoms with E-state index in [0.29, 0.717) is 22.3 Å². The molecule has 2 rings (SSSR count). The number of hydrogen-bond donors (Lipinski definition) is 1. The lowest BCUT2D eigenvalue weighted by atomic mass is 10.2. The molecule has 0 aliphatic rings. The molecule has 0 spiro atoms. The van der Waals surface area contributed by atoms with Crippen LogP contribution in [0.5, 0.6) is 0 Å². The zero-order chi connectivity index (χ0) is 14.7. The molecule has 2 aromatic heterocycles. The van der Waals surface area contributed by atoms with E-state index in [1.807, 2.05) is 19.9 Å². The van der Waals surface area contributed by atoms with Gasteiger partial charge in [0.2, 0.25) is 0 Å². The molecule has 2 heterocycles. The number of carboxylic acid groups (broad SMARTS) is 1. The topological polar surface area (TPSA) is 76.2 Å². The fourth-order valence-electron chi connectivity index (χ4n) is 1.70. The van der Waals surface area contributed by atoms with Crippen molar-refractivity contribution in [3.8, 4) is 0 Å². The Labute approximate surface area is 121 Å². The highest BCUT2D eigenvalue weighted by Crippen LogP contribution is 2.27. The maximum absolute atomic E-state index is 11.4. The highest BCUT2D eigenvalue weighted by molar-refractivity contribution is 7.98. The Balaban J connectivity index is 2.34. The maximum Gasteiger partial charge on any atom is 0.340 e. The zero-order valence-corrected chi connectivity index (χ0v) is 12.4. The fraction of sp³-hybridized carbons (Fsp3) is 0.357. The van der Waals surface area contributed by atoms with Gasteiger partial charge in [-0.3, -0.25) is 0 Å². The van der Waals surface area contributed by atoms with Crippen LogP contribution in [-0.4, -0.2) is 21.0 Å². The van der Waals surface area contributed by atoms with Gasteiger partial charge < -0.3 is 9.52 Å². The van der Waals surface area contributed by atoms with E-state index in [1.54, 1.807) is 19.5 Å². The number of aromatic carboxylic acids is 1. The Morgan fingerprint density at radius 2 is 2.20 bits per heavy atom. The lowest BCUT2D eigenvalue weighted by Gasteiger charge is -2.11. The molecule has 2 aromatic rings. The largest absolute Gasteiger partial charge is 0.478 e. The van der Waals surface area contributed by atoms with Gasteiger partial charge in [-0.1, -0.05) is 13.8 Å². The summed E-state index contributed by atoms with van der Waals surface area (Å²) in [6.07, 6.45) is 3.24. The normalized spacial score (nSPS) is 11.0. The van der Waals surface area contributed by atoms with Crippen molar-refractivity contribution in [2.45, 2.75) is 37.5 Å². The number of aromatic nitrogens is 2. The first kappa shape index (κ1) is 14.6. The van der Waals surface area contributed by atoms with E-state index in [4.69, 9.17) is 4.42 Å². The van der Waals surface area contributed by atoms with Crippen LogP contribution in [0.25, 0.3) is 0 Å². The average Bonchev–Trinajstić information content (AvgIpc) is 2.88. The fourth-order valence-corrected chi connectivity index (χ4v) is 2.71. The maximum atomic E-state index is 11.4. The molecular formula is C14H16N2O3S. The van der Waals surface area contributed by atoms with E-state index in [1.165, 1.54) is 11.8 Å². The van der Waals surface area contributed by atoms with Gasteiger partial charge in [0.1, 0.15) is 16.4 Å². The summed E-state index contributed by atoms with van der Waals surface area (Å²) in [6, 6.07) is 1.85. The Morgan fingerprint density at radius 3 is 2.75 bits per heavy atom. The SMILES string of the molecule is Cc1nc(C(C)C)nc(SCc2ccoc2)c1C(=O)O. The Kier molecular flexibility index (Phi) is 4.44. The minimum Gasteiger partial charge on any atom is -0.478 e. The van der Waals surface area contributed by atoms with E-state index < -0.39 is 5.97 Å². The van der Waals surface area contributed by atoms with Crippen LogP contribution >= 0.6 is 11.8 Å². The van der Waals surface area contributed by atoms with Gasteiger partial charge in [0.15, 0.2) is 0 Å². The molecule has 6 heteroatoms. The van der Waals surface area contributed by atoms with Crippen LogP contribution in [-0.2, 0) is 5.75 Å². The first-order valence-corrected chi connectivity index (χ1v) is 7.23. The summed E-state index contributed by atoms with van der Waals surface area (Å²) in [5, 5.41) is 9.83. The van der Waals surface area contributed by atoms with Gasteiger partial charge in [-0.05, 0) is 13.0 Å². The number of rotatable bonds is 5. The van der Waals surface area contributed by atoms with Crippen LogP contribution in [0.4, 0.5) is 0 Å². The number of aryl methyl sites for hydroxylation is 1. The third-order valence-electron chi connectivity index (χ3n) is 2.76. The molecular weight excluding hydrogens is 276 g/mol. The van der Waals surface area contributed by atoms with Gasteiger partial charge in [-0.15, -0.1) is 11.8 Å². The lowest BCUT2D eigenvalue weighted by molar-refractivity contribution is 0.0690. The molecule has 0 unspecified atom stereocenters. The molecule has 0 saturated carbocycles. The van der Waals surface area contributed by atoms with E-state index in [0.717, 1.165) is 5.56 Å². The second-order valence-electron chi connectivity index (χ2n) is 4.73. The smallest absolute Gasteiger partial charge is 0.340 e. The van der Waals surface area contributed by atoms with Gasteiger partial charge in [-0.25, -0.2) is 14.8 Å². The monoisotopic (exact) mass is 292 g/mol. The summed E-state index contributed by atoms with van der Waals surface area (Å²) in [5.41, 5.74) is 1.68. The van der Waals surface area contributed by atoms with Gasteiger partial charge in [0, 0.05) is 17.2 Å². The first-order valence-electron chi connectivity index (χ1n) is 6.24. The van der Waals surface area contributed by atoms with Gasteiger partial charge in [0.05, 0.1) is 18.2 Å². The predicted molar refractivity (Wildman–Crippen MR) is 76.1 cm³/mol. The second-order valence-corrected chi connectivity index (χ2v) is 5.69. The summed E-state index contributed by atoms with van der Waals surface area (Å²) in [5.74, 6) is 0.449. The molecule has 106 valence electrons. The number of nitrogens with zero attached hydrogens (tertiary/aromatic N) is 2. The minimum atomic E-state index is -0.993. The molecule has 0 bridgehead atoms. The predicted octanol–water partition coefficient (Wildman–Crippen LogP) is 3.49. The summed E-state index contributed by atoms with van der Waals surface area (Å²) >= 11 is 1.39.